The molecule has 0 unspecified atom stereocenters. The van der Waals surface area contributed by atoms with Crippen molar-refractivity contribution in [1.29, 1.82) is 0 Å². The summed E-state index contributed by atoms with van der Waals surface area (Å²) >= 11 is 0. The molecule has 1 saturated heterocycles. The number of benzene rings is 2. The minimum Gasteiger partial charge on any atom is -0.493 e. The monoisotopic (exact) mass is 418 g/mol. The number of sulfone groups is 1. The Hall–Kier alpha value is -2.58. The molecule has 1 heterocycles. The van der Waals surface area contributed by atoms with E-state index in [0.29, 0.717) is 25.4 Å². The summed E-state index contributed by atoms with van der Waals surface area (Å²) in [6, 6.07) is 14.8. The molecule has 1 N–H and O–H groups in total. The van der Waals surface area contributed by atoms with Crippen molar-refractivity contribution < 1.29 is 23.1 Å². The van der Waals surface area contributed by atoms with Crippen molar-refractivity contribution in [2.24, 2.45) is 0 Å². The second kappa shape index (κ2) is 9.28. The van der Waals surface area contributed by atoms with Crippen LogP contribution >= 0.6 is 0 Å². The largest absolute Gasteiger partial charge is 0.493 e. The van der Waals surface area contributed by atoms with Crippen molar-refractivity contribution in [3.05, 3.63) is 59.7 Å². The van der Waals surface area contributed by atoms with Gasteiger partial charge in [0.15, 0.2) is 9.84 Å². The van der Waals surface area contributed by atoms with Crippen LogP contribution in [-0.4, -0.2) is 68.5 Å². The molecule has 0 radical (unpaired) electrons. The highest BCUT2D eigenvalue weighted by atomic mass is 32.2. The first-order valence-corrected chi connectivity index (χ1v) is 11.4. The molecule has 0 spiro atoms. The Kier molecular flexibility index (Phi) is 6.76. The maximum absolute atomic E-state index is 11.5. The van der Waals surface area contributed by atoms with Gasteiger partial charge in [0, 0.05) is 45.4 Å². The zero-order valence-corrected chi connectivity index (χ0v) is 17.3. The number of ether oxygens (including phenoxy) is 1. The van der Waals surface area contributed by atoms with Gasteiger partial charge in [0.2, 0.25) is 0 Å². The summed E-state index contributed by atoms with van der Waals surface area (Å²) in [5.41, 5.74) is 2.37. The minimum absolute atomic E-state index is 0.282. The lowest BCUT2D eigenvalue weighted by Gasteiger charge is -2.33. The fourth-order valence-corrected chi connectivity index (χ4v) is 3.87. The van der Waals surface area contributed by atoms with Gasteiger partial charge in [-0.3, -0.25) is 4.90 Å². The number of nitrogens with zero attached hydrogens (tertiary/aromatic N) is 2. The molecule has 0 aliphatic carbocycles. The molecule has 0 bridgehead atoms. The third-order valence-corrected chi connectivity index (χ3v) is 6.11. The van der Waals surface area contributed by atoms with Gasteiger partial charge < -0.3 is 14.7 Å². The lowest BCUT2D eigenvalue weighted by atomic mass is 10.1. The number of rotatable bonds is 7. The molecular weight excluding hydrogens is 392 g/mol. The van der Waals surface area contributed by atoms with Crippen LogP contribution in [0.5, 0.6) is 5.75 Å². The third-order valence-electron chi connectivity index (χ3n) is 4.98. The van der Waals surface area contributed by atoms with E-state index in [-0.39, 0.29) is 4.90 Å². The summed E-state index contributed by atoms with van der Waals surface area (Å²) in [6.07, 6.45) is 1.09. The molecule has 8 heteroatoms. The molecule has 2 aromatic carbocycles. The van der Waals surface area contributed by atoms with Gasteiger partial charge >= 0.3 is 6.09 Å². The third kappa shape index (κ3) is 6.20. The van der Waals surface area contributed by atoms with Crippen molar-refractivity contribution in [1.82, 2.24) is 9.80 Å². The molecule has 0 atom stereocenters. The van der Waals surface area contributed by atoms with Crippen molar-refractivity contribution in [2.45, 2.75) is 17.9 Å². The van der Waals surface area contributed by atoms with Crippen LogP contribution in [-0.2, 0) is 22.8 Å². The Morgan fingerprint density at radius 1 is 0.966 bits per heavy atom. The average Bonchev–Trinajstić information content (AvgIpc) is 2.69. The Morgan fingerprint density at radius 2 is 1.55 bits per heavy atom. The van der Waals surface area contributed by atoms with Crippen LogP contribution in [0.3, 0.4) is 0 Å². The van der Waals surface area contributed by atoms with E-state index in [0.717, 1.165) is 31.6 Å². The van der Waals surface area contributed by atoms with Crippen LogP contribution in [0.4, 0.5) is 4.79 Å². The van der Waals surface area contributed by atoms with E-state index in [4.69, 9.17) is 9.84 Å². The Balaban J connectivity index is 1.43. The number of piperazine rings is 1. The molecule has 0 saturated carbocycles. The van der Waals surface area contributed by atoms with E-state index in [1.165, 1.54) is 16.7 Å². The fraction of sp³-hybridized carbons (Fsp3) is 0.381. The van der Waals surface area contributed by atoms with Gasteiger partial charge in [-0.25, -0.2) is 13.2 Å². The van der Waals surface area contributed by atoms with Crippen LogP contribution < -0.4 is 4.74 Å². The van der Waals surface area contributed by atoms with Crippen molar-refractivity contribution >= 4 is 15.9 Å². The highest BCUT2D eigenvalue weighted by Crippen LogP contribution is 2.16. The number of carboxylic acid groups (broad SMARTS) is 1. The maximum atomic E-state index is 11.5. The lowest BCUT2D eigenvalue weighted by molar-refractivity contribution is 0.103. The molecule has 3 rings (SSSR count). The van der Waals surface area contributed by atoms with Gasteiger partial charge in [-0.15, -0.1) is 0 Å². The lowest BCUT2D eigenvalue weighted by Crippen LogP contribution is -2.47. The molecule has 29 heavy (non-hydrogen) atoms. The molecule has 0 aromatic heterocycles. The zero-order valence-electron chi connectivity index (χ0n) is 16.5. The van der Waals surface area contributed by atoms with Gasteiger partial charge in [-0.05, 0) is 35.4 Å². The molecule has 7 nitrogen and oxygen atoms in total. The number of carbonyl (C=O) groups is 1. The van der Waals surface area contributed by atoms with Crippen LogP contribution in [0.1, 0.15) is 11.1 Å². The second-order valence-corrected chi connectivity index (χ2v) is 9.22. The van der Waals surface area contributed by atoms with Gasteiger partial charge in [0.05, 0.1) is 11.5 Å². The van der Waals surface area contributed by atoms with Crippen LogP contribution in [0.25, 0.3) is 0 Å². The molecule has 156 valence electrons. The first-order chi connectivity index (χ1) is 13.8. The topological polar surface area (TPSA) is 87.2 Å². The van der Waals surface area contributed by atoms with Crippen LogP contribution in [0.2, 0.25) is 0 Å². The van der Waals surface area contributed by atoms with E-state index in [2.05, 4.69) is 29.2 Å². The first kappa shape index (κ1) is 21.1. The SMILES string of the molecule is CS(=O)(=O)c1ccc(OCCc2ccc(CN3CCN(C(=O)O)CC3)cc2)cc1. The highest BCUT2D eigenvalue weighted by Gasteiger charge is 2.20. The van der Waals surface area contributed by atoms with E-state index in [1.54, 1.807) is 24.3 Å². The normalized spacial score (nSPS) is 15.3. The second-order valence-electron chi connectivity index (χ2n) is 7.20. The fourth-order valence-electron chi connectivity index (χ4n) is 3.24. The molecule has 1 aliphatic rings. The quantitative estimate of drug-likeness (QED) is 0.743. The van der Waals surface area contributed by atoms with E-state index in [9.17, 15) is 13.2 Å². The molecule has 1 fully saturated rings. The molecular formula is C21H26N2O5S. The maximum Gasteiger partial charge on any atom is 0.407 e. The van der Waals surface area contributed by atoms with E-state index >= 15 is 0 Å². The van der Waals surface area contributed by atoms with Gasteiger partial charge in [0.1, 0.15) is 5.75 Å². The smallest absolute Gasteiger partial charge is 0.407 e. The van der Waals surface area contributed by atoms with Crippen molar-refractivity contribution in [3.8, 4) is 5.75 Å². The van der Waals surface area contributed by atoms with Gasteiger partial charge in [-0.2, -0.15) is 0 Å². The number of hydrogen-bond donors (Lipinski definition) is 1. The van der Waals surface area contributed by atoms with Crippen LogP contribution in [0, 0.1) is 0 Å². The standard InChI is InChI=1S/C21H26N2O5S/c1-29(26,27)20-8-6-19(7-9-20)28-15-10-17-2-4-18(5-3-17)16-22-11-13-23(14-12-22)21(24)25/h2-9H,10-16H2,1H3,(H,24,25). The zero-order chi connectivity index (χ0) is 20.9. The highest BCUT2D eigenvalue weighted by molar-refractivity contribution is 7.90. The van der Waals surface area contributed by atoms with Gasteiger partial charge in [-0.1, -0.05) is 24.3 Å². The summed E-state index contributed by atoms with van der Waals surface area (Å²) < 4.78 is 28.6. The van der Waals surface area contributed by atoms with Gasteiger partial charge in [0.25, 0.3) is 0 Å². The van der Waals surface area contributed by atoms with Crippen molar-refractivity contribution in [3.63, 3.8) is 0 Å². The summed E-state index contributed by atoms with van der Waals surface area (Å²) in [4.78, 5) is 15.0. The minimum atomic E-state index is -3.19. The summed E-state index contributed by atoms with van der Waals surface area (Å²) in [6.45, 7) is 3.93. The molecule has 2 aromatic rings. The van der Waals surface area contributed by atoms with E-state index in [1.807, 2.05) is 0 Å². The van der Waals surface area contributed by atoms with E-state index < -0.39 is 15.9 Å². The summed E-state index contributed by atoms with van der Waals surface area (Å²) in [5.74, 6) is 0.648. The summed E-state index contributed by atoms with van der Waals surface area (Å²) in [5, 5.41) is 9.01. The Bertz CT molecular complexity index is 919. The van der Waals surface area contributed by atoms with Crippen LogP contribution in [0.15, 0.2) is 53.4 Å². The molecule has 1 aliphatic heterocycles. The number of hydrogen-bond acceptors (Lipinski definition) is 5. The molecule has 1 amide bonds. The average molecular weight is 419 g/mol. The van der Waals surface area contributed by atoms with Crippen molar-refractivity contribution in [2.75, 3.05) is 39.0 Å². The predicted molar refractivity (Wildman–Crippen MR) is 110 cm³/mol. The Labute approximate surface area is 171 Å². The number of amides is 1. The first-order valence-electron chi connectivity index (χ1n) is 9.52. The Morgan fingerprint density at radius 3 is 2.10 bits per heavy atom. The summed E-state index contributed by atoms with van der Waals surface area (Å²) in [7, 11) is -3.19. The predicted octanol–water partition coefficient (Wildman–Crippen LogP) is 2.51.